The fourth-order valence-corrected chi connectivity index (χ4v) is 3.08. The van der Waals surface area contributed by atoms with Gasteiger partial charge in [0, 0.05) is 17.8 Å². The summed E-state index contributed by atoms with van der Waals surface area (Å²) in [4.78, 5) is 31.0. The number of aromatic nitrogens is 2. The van der Waals surface area contributed by atoms with Crippen LogP contribution in [0.15, 0.2) is 35.3 Å². The molecule has 0 aliphatic carbocycles. The summed E-state index contributed by atoms with van der Waals surface area (Å²) in [5.74, 6) is -1.10. The maximum Gasteiger partial charge on any atom is 0.268 e. The first-order chi connectivity index (χ1) is 12.1. The Bertz CT molecular complexity index is 1090. The SMILES string of the molecule is Cc1cc(C(C)(C)C)c(F)cc1-c1cc(=O)c2c(C(N)=O)nccc2[nH]1. The third-order valence-electron chi connectivity index (χ3n) is 4.39. The standard InChI is InChI=1S/C20H20FN3O2/c1-10-7-12(20(2,3)4)13(21)8-11(10)15-9-16(25)17-14(24-15)5-6-23-18(17)19(22)26/h5-9H,1-4H3,(H2,22,26)(H,24,25). The fourth-order valence-electron chi connectivity index (χ4n) is 3.08. The van der Waals surface area contributed by atoms with Gasteiger partial charge >= 0.3 is 0 Å². The monoisotopic (exact) mass is 353 g/mol. The van der Waals surface area contributed by atoms with Gasteiger partial charge in [0.2, 0.25) is 0 Å². The molecule has 3 aromatic rings. The summed E-state index contributed by atoms with van der Waals surface area (Å²) in [5, 5.41) is 0.133. The van der Waals surface area contributed by atoms with Crippen LogP contribution in [0.4, 0.5) is 4.39 Å². The van der Waals surface area contributed by atoms with Crippen molar-refractivity contribution in [2.75, 3.05) is 0 Å². The van der Waals surface area contributed by atoms with Crippen molar-refractivity contribution >= 4 is 16.8 Å². The number of pyridine rings is 2. The van der Waals surface area contributed by atoms with Gasteiger partial charge in [0.05, 0.1) is 16.6 Å². The normalized spacial score (nSPS) is 11.7. The Hall–Kier alpha value is -3.02. The Morgan fingerprint density at radius 1 is 1.23 bits per heavy atom. The Labute approximate surface area is 150 Å². The van der Waals surface area contributed by atoms with Crippen LogP contribution in [0.1, 0.15) is 42.4 Å². The molecule has 0 saturated carbocycles. The number of carbonyl (C=O) groups is 1. The van der Waals surface area contributed by atoms with Crippen molar-refractivity contribution in [3.05, 3.63) is 63.3 Å². The number of H-pyrrole nitrogens is 1. The molecule has 6 heteroatoms. The van der Waals surface area contributed by atoms with E-state index in [0.717, 1.165) is 5.56 Å². The lowest BCUT2D eigenvalue weighted by Crippen LogP contribution is -2.18. The van der Waals surface area contributed by atoms with Crippen molar-refractivity contribution in [1.29, 1.82) is 0 Å². The quantitative estimate of drug-likeness (QED) is 0.740. The molecule has 0 unspecified atom stereocenters. The van der Waals surface area contributed by atoms with Gasteiger partial charge in [0.15, 0.2) is 5.43 Å². The number of aryl methyl sites for hydroxylation is 1. The van der Waals surface area contributed by atoms with Crippen LogP contribution < -0.4 is 11.2 Å². The van der Waals surface area contributed by atoms with E-state index in [9.17, 15) is 14.0 Å². The smallest absolute Gasteiger partial charge is 0.268 e. The van der Waals surface area contributed by atoms with Crippen LogP contribution in [0.25, 0.3) is 22.2 Å². The maximum absolute atomic E-state index is 14.6. The average Bonchev–Trinajstić information content (AvgIpc) is 2.54. The molecular formula is C20H20FN3O2. The lowest BCUT2D eigenvalue weighted by Gasteiger charge is -2.21. The third kappa shape index (κ3) is 2.98. The maximum atomic E-state index is 14.6. The van der Waals surface area contributed by atoms with Crippen LogP contribution in [0, 0.1) is 12.7 Å². The average molecular weight is 353 g/mol. The summed E-state index contributed by atoms with van der Waals surface area (Å²) in [6.45, 7) is 7.70. The molecule has 0 fully saturated rings. The zero-order valence-corrected chi connectivity index (χ0v) is 15.1. The number of carbonyl (C=O) groups excluding carboxylic acids is 1. The molecule has 1 aromatic carbocycles. The van der Waals surface area contributed by atoms with E-state index in [-0.39, 0.29) is 22.3 Å². The molecule has 0 aliphatic rings. The Kier molecular flexibility index (Phi) is 4.14. The minimum Gasteiger partial charge on any atom is -0.364 e. The molecule has 5 nitrogen and oxygen atoms in total. The molecule has 3 N–H and O–H groups in total. The highest BCUT2D eigenvalue weighted by Crippen LogP contribution is 2.31. The number of nitrogens with two attached hydrogens (primary N) is 1. The number of rotatable bonds is 2. The fraction of sp³-hybridized carbons (Fsp3) is 0.250. The summed E-state index contributed by atoms with van der Waals surface area (Å²) < 4.78 is 14.6. The van der Waals surface area contributed by atoms with Crippen LogP contribution in [-0.4, -0.2) is 15.9 Å². The lowest BCUT2D eigenvalue weighted by molar-refractivity contribution is 0.0997. The van der Waals surface area contributed by atoms with Gasteiger partial charge in [0.25, 0.3) is 5.91 Å². The predicted octanol–water partition coefficient (Wildman–Crippen LogP) is 3.43. The zero-order valence-electron chi connectivity index (χ0n) is 15.1. The van der Waals surface area contributed by atoms with E-state index in [1.807, 2.05) is 27.7 Å². The molecule has 1 amide bonds. The molecule has 3 rings (SSSR count). The molecule has 2 heterocycles. The van der Waals surface area contributed by atoms with E-state index >= 15 is 0 Å². The Balaban J connectivity index is 2.26. The van der Waals surface area contributed by atoms with Crippen LogP contribution in [-0.2, 0) is 5.41 Å². The van der Waals surface area contributed by atoms with Crippen LogP contribution in [0.2, 0.25) is 0 Å². The second-order valence-corrected chi connectivity index (χ2v) is 7.39. The summed E-state index contributed by atoms with van der Waals surface area (Å²) in [6.07, 6.45) is 1.40. The highest BCUT2D eigenvalue weighted by Gasteiger charge is 2.21. The summed E-state index contributed by atoms with van der Waals surface area (Å²) in [7, 11) is 0. The number of fused-ring (bicyclic) bond motifs is 1. The Morgan fingerprint density at radius 3 is 2.54 bits per heavy atom. The van der Waals surface area contributed by atoms with E-state index < -0.39 is 11.3 Å². The number of nitrogens with zero attached hydrogens (tertiary/aromatic N) is 1. The molecule has 0 radical (unpaired) electrons. The van der Waals surface area contributed by atoms with E-state index in [0.29, 0.717) is 22.3 Å². The lowest BCUT2D eigenvalue weighted by atomic mass is 9.84. The van der Waals surface area contributed by atoms with Crippen molar-refractivity contribution in [2.24, 2.45) is 5.73 Å². The number of hydrogen-bond acceptors (Lipinski definition) is 3. The molecular weight excluding hydrogens is 333 g/mol. The van der Waals surface area contributed by atoms with E-state index in [2.05, 4.69) is 9.97 Å². The van der Waals surface area contributed by atoms with Crippen LogP contribution in [0.3, 0.4) is 0 Å². The van der Waals surface area contributed by atoms with Crippen molar-refractivity contribution < 1.29 is 9.18 Å². The molecule has 0 saturated heterocycles. The number of primary amides is 1. The van der Waals surface area contributed by atoms with Gasteiger partial charge < -0.3 is 10.7 Å². The molecule has 134 valence electrons. The number of amides is 1. The second kappa shape index (κ2) is 6.05. The minimum atomic E-state index is -0.773. The van der Waals surface area contributed by atoms with Gasteiger partial charge in [-0.3, -0.25) is 14.6 Å². The molecule has 0 atom stereocenters. The van der Waals surface area contributed by atoms with Gasteiger partial charge in [-0.25, -0.2) is 4.39 Å². The van der Waals surface area contributed by atoms with Crippen molar-refractivity contribution in [3.8, 4) is 11.3 Å². The minimum absolute atomic E-state index is 0.0821. The third-order valence-corrected chi connectivity index (χ3v) is 4.39. The number of aromatic amines is 1. The highest BCUT2D eigenvalue weighted by atomic mass is 19.1. The molecule has 0 aliphatic heterocycles. The predicted molar refractivity (Wildman–Crippen MR) is 99.7 cm³/mol. The molecule has 0 bridgehead atoms. The van der Waals surface area contributed by atoms with Crippen LogP contribution >= 0.6 is 0 Å². The molecule has 26 heavy (non-hydrogen) atoms. The van der Waals surface area contributed by atoms with Crippen molar-refractivity contribution in [2.45, 2.75) is 33.1 Å². The first-order valence-electron chi connectivity index (χ1n) is 8.22. The van der Waals surface area contributed by atoms with Gasteiger partial charge in [-0.2, -0.15) is 0 Å². The van der Waals surface area contributed by atoms with E-state index in [1.54, 1.807) is 12.1 Å². The highest BCUT2D eigenvalue weighted by molar-refractivity contribution is 6.03. The topological polar surface area (TPSA) is 88.8 Å². The first-order valence-corrected chi connectivity index (χ1v) is 8.22. The van der Waals surface area contributed by atoms with E-state index in [1.165, 1.54) is 18.3 Å². The molecule has 0 spiro atoms. The van der Waals surface area contributed by atoms with Gasteiger partial charge in [0.1, 0.15) is 11.5 Å². The summed E-state index contributed by atoms with van der Waals surface area (Å²) in [6, 6.07) is 6.16. The zero-order chi connectivity index (χ0) is 19.2. The number of halogens is 1. The van der Waals surface area contributed by atoms with Gasteiger partial charge in [-0.05, 0) is 35.6 Å². The number of benzene rings is 1. The van der Waals surface area contributed by atoms with E-state index in [4.69, 9.17) is 5.73 Å². The molecule has 2 aromatic heterocycles. The van der Waals surface area contributed by atoms with Crippen LogP contribution in [0.5, 0.6) is 0 Å². The van der Waals surface area contributed by atoms with Gasteiger partial charge in [-0.15, -0.1) is 0 Å². The van der Waals surface area contributed by atoms with Crippen molar-refractivity contribution in [3.63, 3.8) is 0 Å². The largest absolute Gasteiger partial charge is 0.364 e. The summed E-state index contributed by atoms with van der Waals surface area (Å²) >= 11 is 0. The van der Waals surface area contributed by atoms with Gasteiger partial charge in [-0.1, -0.05) is 26.8 Å². The first kappa shape index (κ1) is 17.8. The number of hydrogen-bond donors (Lipinski definition) is 2. The second-order valence-electron chi connectivity index (χ2n) is 7.39. The Morgan fingerprint density at radius 2 is 1.92 bits per heavy atom. The number of nitrogens with one attached hydrogen (secondary N) is 1. The summed E-state index contributed by atoms with van der Waals surface area (Å²) in [5.41, 5.74) is 7.44. The van der Waals surface area contributed by atoms with Crippen molar-refractivity contribution in [1.82, 2.24) is 9.97 Å².